The second-order valence-electron chi connectivity index (χ2n) is 4.83. The molecule has 0 fully saturated rings. The lowest BCUT2D eigenvalue weighted by atomic mass is 10.1. The van der Waals surface area contributed by atoms with Gasteiger partial charge in [-0.25, -0.2) is 4.98 Å². The van der Waals surface area contributed by atoms with Crippen LogP contribution in [-0.4, -0.2) is 15.5 Å². The number of thiophene rings is 1. The van der Waals surface area contributed by atoms with Gasteiger partial charge in [-0.15, -0.1) is 11.3 Å². The average molecular weight is 291 g/mol. The largest absolute Gasteiger partial charge is 0.341 e. The third-order valence-corrected chi connectivity index (χ3v) is 4.52. The number of carbonyl (C=O) groups excluding carboxylic acids is 1. The molecule has 2 aromatic rings. The fourth-order valence-corrected chi connectivity index (χ4v) is 3.04. The average Bonchev–Trinajstić information content (AvgIpc) is 3.06. The van der Waals surface area contributed by atoms with Crippen molar-refractivity contribution in [1.82, 2.24) is 14.9 Å². The van der Waals surface area contributed by atoms with Crippen molar-refractivity contribution < 1.29 is 4.79 Å². The Morgan fingerprint density at radius 1 is 1.45 bits per heavy atom. The third kappa shape index (κ3) is 3.28. The highest BCUT2D eigenvalue weighted by Crippen LogP contribution is 2.20. The van der Waals surface area contributed by atoms with E-state index in [0.717, 1.165) is 30.0 Å². The smallest absolute Gasteiger partial charge is 0.261 e. The summed E-state index contributed by atoms with van der Waals surface area (Å²) in [6.45, 7) is 4.21. The molecule has 0 aliphatic carbocycles. The molecule has 2 heterocycles. The summed E-state index contributed by atoms with van der Waals surface area (Å²) in [5.74, 6) is 0.906. The molecule has 0 saturated heterocycles. The maximum absolute atomic E-state index is 12.3. The van der Waals surface area contributed by atoms with Crippen LogP contribution in [0, 0.1) is 0 Å². The number of rotatable bonds is 6. The lowest BCUT2D eigenvalue weighted by molar-refractivity contribution is 0.0936. The van der Waals surface area contributed by atoms with E-state index in [1.807, 2.05) is 29.9 Å². The summed E-state index contributed by atoms with van der Waals surface area (Å²) < 4.78 is 1.96. The van der Waals surface area contributed by atoms with Gasteiger partial charge in [-0.1, -0.05) is 20.3 Å². The molecule has 0 aliphatic rings. The van der Waals surface area contributed by atoms with Crippen molar-refractivity contribution in [3.8, 4) is 0 Å². The van der Waals surface area contributed by atoms with E-state index in [0.29, 0.717) is 0 Å². The molecule has 0 spiro atoms. The molecule has 4 nitrogen and oxygen atoms in total. The summed E-state index contributed by atoms with van der Waals surface area (Å²) in [6.07, 6.45) is 6.54. The molecule has 1 amide bonds. The molecule has 2 rings (SSSR count). The monoisotopic (exact) mass is 291 g/mol. The molecule has 5 heteroatoms. The van der Waals surface area contributed by atoms with Gasteiger partial charge in [0.25, 0.3) is 5.91 Å². The first-order valence-corrected chi connectivity index (χ1v) is 7.84. The highest BCUT2D eigenvalue weighted by atomic mass is 32.1. The van der Waals surface area contributed by atoms with Crippen LogP contribution in [0.5, 0.6) is 0 Å². The molecule has 0 saturated carbocycles. The number of carbonyl (C=O) groups is 1. The predicted octanol–water partition coefficient (Wildman–Crippen LogP) is 3.32. The molecule has 2 aromatic heterocycles. The van der Waals surface area contributed by atoms with Crippen molar-refractivity contribution in [3.63, 3.8) is 0 Å². The Balaban J connectivity index is 2.12. The lowest BCUT2D eigenvalue weighted by Gasteiger charge is -2.17. The van der Waals surface area contributed by atoms with Crippen molar-refractivity contribution in [3.05, 3.63) is 40.1 Å². The van der Waals surface area contributed by atoms with E-state index in [9.17, 15) is 4.79 Å². The molecule has 108 valence electrons. The maximum Gasteiger partial charge on any atom is 0.261 e. The number of nitrogens with one attached hydrogen (secondary N) is 1. The minimum absolute atomic E-state index is 0.00356. The Morgan fingerprint density at radius 3 is 2.80 bits per heavy atom. The lowest BCUT2D eigenvalue weighted by Crippen LogP contribution is -2.29. The van der Waals surface area contributed by atoms with Crippen molar-refractivity contribution >= 4 is 17.2 Å². The standard InChI is InChI=1S/C15H21N3OS/c1-4-6-12(14-16-9-10-18(14)3)17-15(19)13-8-7-11(5-2)20-13/h7-10,12H,4-6H2,1-3H3,(H,17,19)/t12-/m1/s1. The number of amides is 1. The molecular weight excluding hydrogens is 270 g/mol. The van der Waals surface area contributed by atoms with E-state index in [1.54, 1.807) is 17.5 Å². The van der Waals surface area contributed by atoms with Crippen LogP contribution < -0.4 is 5.32 Å². The normalized spacial score (nSPS) is 12.3. The van der Waals surface area contributed by atoms with Gasteiger partial charge in [0.05, 0.1) is 10.9 Å². The van der Waals surface area contributed by atoms with Crippen LogP contribution in [0.4, 0.5) is 0 Å². The summed E-state index contributed by atoms with van der Waals surface area (Å²) in [5.41, 5.74) is 0. The Bertz CT molecular complexity index is 573. The van der Waals surface area contributed by atoms with Crippen molar-refractivity contribution in [2.45, 2.75) is 39.2 Å². The Labute approximate surface area is 123 Å². The molecule has 20 heavy (non-hydrogen) atoms. The molecule has 0 unspecified atom stereocenters. The van der Waals surface area contributed by atoms with Gasteiger partial charge in [0, 0.05) is 24.3 Å². The molecule has 0 bridgehead atoms. The number of nitrogens with zero attached hydrogens (tertiary/aromatic N) is 2. The van der Waals surface area contributed by atoms with Gasteiger partial charge in [0.2, 0.25) is 0 Å². The number of aryl methyl sites for hydroxylation is 2. The van der Waals surface area contributed by atoms with Gasteiger partial charge >= 0.3 is 0 Å². The second-order valence-corrected chi connectivity index (χ2v) is 6.00. The molecular formula is C15H21N3OS. The van der Waals surface area contributed by atoms with E-state index in [4.69, 9.17) is 0 Å². The topological polar surface area (TPSA) is 46.9 Å². The summed E-state index contributed by atoms with van der Waals surface area (Å²) in [5, 5.41) is 3.10. The maximum atomic E-state index is 12.3. The second kappa shape index (κ2) is 6.70. The first kappa shape index (κ1) is 14.8. The fraction of sp³-hybridized carbons (Fsp3) is 0.467. The summed E-state index contributed by atoms with van der Waals surface area (Å²) in [4.78, 5) is 18.7. The van der Waals surface area contributed by atoms with Crippen molar-refractivity contribution in [2.24, 2.45) is 7.05 Å². The molecule has 0 aliphatic heterocycles. The van der Waals surface area contributed by atoms with E-state index in [1.165, 1.54) is 4.88 Å². The van der Waals surface area contributed by atoms with E-state index >= 15 is 0 Å². The van der Waals surface area contributed by atoms with Gasteiger partial charge in [-0.3, -0.25) is 4.79 Å². The Kier molecular flexibility index (Phi) is 4.95. The van der Waals surface area contributed by atoms with Crippen LogP contribution in [0.1, 0.15) is 53.1 Å². The van der Waals surface area contributed by atoms with Gasteiger partial charge in [-0.05, 0) is 25.0 Å². The van der Waals surface area contributed by atoms with Crippen LogP contribution in [0.2, 0.25) is 0 Å². The van der Waals surface area contributed by atoms with E-state index in [-0.39, 0.29) is 11.9 Å². The number of aromatic nitrogens is 2. The van der Waals surface area contributed by atoms with Crippen LogP contribution in [0.25, 0.3) is 0 Å². The first-order valence-electron chi connectivity index (χ1n) is 7.02. The number of hydrogen-bond donors (Lipinski definition) is 1. The first-order chi connectivity index (χ1) is 9.65. The predicted molar refractivity (Wildman–Crippen MR) is 82.0 cm³/mol. The minimum Gasteiger partial charge on any atom is -0.341 e. The Morgan fingerprint density at radius 2 is 2.25 bits per heavy atom. The zero-order valence-corrected chi connectivity index (χ0v) is 13.0. The molecule has 1 N–H and O–H groups in total. The summed E-state index contributed by atoms with van der Waals surface area (Å²) in [7, 11) is 1.96. The number of hydrogen-bond acceptors (Lipinski definition) is 3. The molecule has 0 aromatic carbocycles. The van der Waals surface area contributed by atoms with Gasteiger partial charge < -0.3 is 9.88 Å². The fourth-order valence-electron chi connectivity index (χ4n) is 2.19. The van der Waals surface area contributed by atoms with Crippen LogP contribution in [0.15, 0.2) is 24.5 Å². The van der Waals surface area contributed by atoms with Gasteiger partial charge in [-0.2, -0.15) is 0 Å². The SMILES string of the molecule is CCC[C@@H](NC(=O)c1ccc(CC)s1)c1nccn1C. The van der Waals surface area contributed by atoms with E-state index < -0.39 is 0 Å². The van der Waals surface area contributed by atoms with Crippen molar-refractivity contribution in [1.29, 1.82) is 0 Å². The summed E-state index contributed by atoms with van der Waals surface area (Å²) in [6, 6.07) is 3.90. The minimum atomic E-state index is -0.0281. The highest BCUT2D eigenvalue weighted by molar-refractivity contribution is 7.14. The highest BCUT2D eigenvalue weighted by Gasteiger charge is 2.19. The van der Waals surface area contributed by atoms with Crippen LogP contribution >= 0.6 is 11.3 Å². The molecule has 0 radical (unpaired) electrons. The molecule has 1 atom stereocenters. The zero-order valence-electron chi connectivity index (χ0n) is 12.2. The van der Waals surface area contributed by atoms with Crippen LogP contribution in [0.3, 0.4) is 0 Å². The third-order valence-electron chi connectivity index (χ3n) is 3.29. The zero-order chi connectivity index (χ0) is 14.5. The van der Waals surface area contributed by atoms with Gasteiger partial charge in [0.1, 0.15) is 5.82 Å². The van der Waals surface area contributed by atoms with Gasteiger partial charge in [0.15, 0.2) is 0 Å². The summed E-state index contributed by atoms with van der Waals surface area (Å²) >= 11 is 1.56. The Hall–Kier alpha value is -1.62. The van der Waals surface area contributed by atoms with E-state index in [2.05, 4.69) is 24.1 Å². The van der Waals surface area contributed by atoms with Crippen molar-refractivity contribution in [2.75, 3.05) is 0 Å². The quantitative estimate of drug-likeness (QED) is 0.887. The van der Waals surface area contributed by atoms with Crippen LogP contribution in [-0.2, 0) is 13.5 Å². The number of imidazole rings is 1.